The largest absolute Gasteiger partial charge is 0.497 e. The number of methoxy groups -OCH3 is 1. The van der Waals surface area contributed by atoms with Crippen LogP contribution in [-0.4, -0.2) is 29.3 Å². The Labute approximate surface area is 151 Å². The van der Waals surface area contributed by atoms with Gasteiger partial charge in [0.2, 0.25) is 5.91 Å². The van der Waals surface area contributed by atoms with Crippen molar-refractivity contribution in [1.29, 1.82) is 5.26 Å². The van der Waals surface area contributed by atoms with Gasteiger partial charge in [-0.15, -0.1) is 0 Å². The van der Waals surface area contributed by atoms with Crippen LogP contribution in [0.15, 0.2) is 23.0 Å². The molecule has 1 amide bonds. The molecule has 7 heteroatoms. The number of benzene rings is 1. The molecule has 134 valence electrons. The van der Waals surface area contributed by atoms with Crippen LogP contribution in [0.3, 0.4) is 0 Å². The number of aryl methyl sites for hydroxylation is 2. The Morgan fingerprint density at radius 3 is 2.85 bits per heavy atom. The topological polar surface area (TPSA) is 88.2 Å². The minimum Gasteiger partial charge on any atom is -0.497 e. The first-order chi connectivity index (χ1) is 12.5. The third-order valence-corrected chi connectivity index (χ3v) is 4.74. The molecule has 0 spiro atoms. The number of fused-ring (bicyclic) bond motifs is 1. The van der Waals surface area contributed by atoms with E-state index in [1.54, 1.807) is 25.9 Å². The highest BCUT2D eigenvalue weighted by Gasteiger charge is 2.24. The van der Waals surface area contributed by atoms with E-state index in [4.69, 9.17) is 4.74 Å². The highest BCUT2D eigenvalue weighted by molar-refractivity contribution is 5.94. The highest BCUT2D eigenvalue weighted by Crippen LogP contribution is 2.30. The van der Waals surface area contributed by atoms with Gasteiger partial charge in [-0.2, -0.15) is 10.4 Å². The van der Waals surface area contributed by atoms with Gasteiger partial charge in [0.15, 0.2) is 0 Å². The number of nitrogens with zero attached hydrogens (tertiary/aromatic N) is 4. The van der Waals surface area contributed by atoms with E-state index >= 15 is 0 Å². The second-order valence-corrected chi connectivity index (χ2v) is 6.30. The molecule has 1 aromatic carbocycles. The van der Waals surface area contributed by atoms with Crippen LogP contribution in [0.1, 0.15) is 28.8 Å². The minimum atomic E-state index is -0.532. The van der Waals surface area contributed by atoms with Crippen molar-refractivity contribution < 1.29 is 9.53 Å². The van der Waals surface area contributed by atoms with Gasteiger partial charge in [0, 0.05) is 12.2 Å². The van der Waals surface area contributed by atoms with E-state index in [1.165, 1.54) is 0 Å². The molecule has 3 rings (SSSR count). The number of ether oxygens (including phenoxy) is 1. The van der Waals surface area contributed by atoms with Crippen LogP contribution in [-0.2, 0) is 17.8 Å². The zero-order chi connectivity index (χ0) is 18.8. The van der Waals surface area contributed by atoms with Crippen LogP contribution in [0.4, 0.5) is 5.69 Å². The van der Waals surface area contributed by atoms with Crippen LogP contribution >= 0.6 is 0 Å². The number of hydrogen-bond acceptors (Lipinski definition) is 5. The third kappa shape index (κ3) is 3.06. The van der Waals surface area contributed by atoms with Crippen LogP contribution in [0.5, 0.6) is 5.75 Å². The monoisotopic (exact) mass is 352 g/mol. The number of nitriles is 1. The SMILES string of the molecule is COc1ccc2c(c1)CCCN2C(=O)Cn1nc(C)c(C)c(C#N)c1=O. The molecular weight excluding hydrogens is 332 g/mol. The predicted molar refractivity (Wildman–Crippen MR) is 96.4 cm³/mol. The van der Waals surface area contributed by atoms with Gasteiger partial charge in [0.05, 0.1) is 12.8 Å². The maximum absolute atomic E-state index is 12.8. The number of anilines is 1. The Kier molecular flexibility index (Phi) is 4.76. The number of amides is 1. The van der Waals surface area contributed by atoms with Crippen LogP contribution in [0.2, 0.25) is 0 Å². The first-order valence-electron chi connectivity index (χ1n) is 8.42. The molecule has 1 aromatic heterocycles. The van der Waals surface area contributed by atoms with E-state index < -0.39 is 5.56 Å². The Balaban J connectivity index is 1.93. The summed E-state index contributed by atoms with van der Waals surface area (Å²) in [5.41, 5.74) is 2.50. The Hall–Kier alpha value is -3.14. The van der Waals surface area contributed by atoms with Crippen LogP contribution in [0, 0.1) is 25.2 Å². The van der Waals surface area contributed by atoms with Crippen molar-refractivity contribution in [2.75, 3.05) is 18.6 Å². The maximum atomic E-state index is 12.8. The molecule has 7 nitrogen and oxygen atoms in total. The molecule has 0 radical (unpaired) electrons. The molecule has 1 aliphatic heterocycles. The molecule has 1 aliphatic rings. The van der Waals surface area contributed by atoms with E-state index in [-0.39, 0.29) is 18.0 Å². The van der Waals surface area contributed by atoms with Gasteiger partial charge in [0.1, 0.15) is 23.9 Å². The van der Waals surface area contributed by atoms with Gasteiger partial charge in [-0.1, -0.05) is 0 Å². The summed E-state index contributed by atoms with van der Waals surface area (Å²) in [4.78, 5) is 26.9. The smallest absolute Gasteiger partial charge is 0.285 e. The predicted octanol–water partition coefficient (Wildman–Crippen LogP) is 1.72. The molecular formula is C19H20N4O3. The first-order valence-corrected chi connectivity index (χ1v) is 8.42. The van der Waals surface area contributed by atoms with Gasteiger partial charge in [-0.3, -0.25) is 9.59 Å². The lowest BCUT2D eigenvalue weighted by molar-refractivity contribution is -0.119. The van der Waals surface area contributed by atoms with Gasteiger partial charge < -0.3 is 9.64 Å². The Bertz CT molecular complexity index is 972. The molecule has 2 aromatic rings. The number of carbonyl (C=O) groups is 1. The molecule has 0 saturated carbocycles. The first kappa shape index (κ1) is 17.7. The molecule has 0 aliphatic carbocycles. The minimum absolute atomic E-state index is 0.0362. The van der Waals surface area contributed by atoms with Crippen molar-refractivity contribution in [3.63, 3.8) is 0 Å². The molecule has 0 N–H and O–H groups in total. The number of carbonyl (C=O) groups excluding carboxylic acids is 1. The Morgan fingerprint density at radius 2 is 2.15 bits per heavy atom. The summed E-state index contributed by atoms with van der Waals surface area (Å²) in [6.07, 6.45) is 1.71. The van der Waals surface area contributed by atoms with Crippen LogP contribution < -0.4 is 15.2 Å². The normalized spacial score (nSPS) is 13.1. The fraction of sp³-hybridized carbons (Fsp3) is 0.368. The summed E-state index contributed by atoms with van der Waals surface area (Å²) in [7, 11) is 1.61. The lowest BCUT2D eigenvalue weighted by Gasteiger charge is -2.30. The van der Waals surface area contributed by atoms with E-state index in [2.05, 4.69) is 5.10 Å². The van der Waals surface area contributed by atoms with Gasteiger partial charge >= 0.3 is 0 Å². The van der Waals surface area contributed by atoms with E-state index in [0.29, 0.717) is 17.8 Å². The standard InChI is InChI=1S/C19H20N4O3/c1-12-13(2)21-23(19(25)16(12)10-20)11-18(24)22-8-4-5-14-9-15(26-3)6-7-17(14)22/h6-7,9H,4-5,8,11H2,1-3H3. The zero-order valence-corrected chi connectivity index (χ0v) is 15.1. The van der Waals surface area contributed by atoms with E-state index in [0.717, 1.165) is 34.5 Å². The van der Waals surface area contributed by atoms with Crippen molar-refractivity contribution in [3.05, 3.63) is 50.9 Å². The molecule has 0 bridgehead atoms. The summed E-state index contributed by atoms with van der Waals surface area (Å²) in [6.45, 7) is 3.80. The summed E-state index contributed by atoms with van der Waals surface area (Å²) in [5.74, 6) is 0.529. The molecule has 0 fully saturated rings. The van der Waals surface area contributed by atoms with Crippen molar-refractivity contribution >= 4 is 11.6 Å². The fourth-order valence-corrected chi connectivity index (χ4v) is 3.18. The second kappa shape index (κ2) is 7.00. The lowest BCUT2D eigenvalue weighted by Crippen LogP contribution is -2.41. The third-order valence-electron chi connectivity index (χ3n) is 4.74. The summed E-state index contributed by atoms with van der Waals surface area (Å²) >= 11 is 0. The van der Waals surface area contributed by atoms with Crippen molar-refractivity contribution in [2.24, 2.45) is 0 Å². The molecule has 2 heterocycles. The van der Waals surface area contributed by atoms with Gasteiger partial charge in [-0.05, 0) is 56.0 Å². The molecule has 26 heavy (non-hydrogen) atoms. The average molecular weight is 352 g/mol. The van der Waals surface area contributed by atoms with Crippen molar-refractivity contribution in [2.45, 2.75) is 33.2 Å². The number of aromatic nitrogens is 2. The fourth-order valence-electron chi connectivity index (χ4n) is 3.18. The maximum Gasteiger partial charge on any atom is 0.285 e. The van der Waals surface area contributed by atoms with E-state index in [9.17, 15) is 14.9 Å². The summed E-state index contributed by atoms with van der Waals surface area (Å²) in [5, 5.41) is 13.4. The summed E-state index contributed by atoms with van der Waals surface area (Å²) in [6, 6.07) is 7.53. The second-order valence-electron chi connectivity index (χ2n) is 6.30. The van der Waals surface area contributed by atoms with Gasteiger partial charge in [-0.25, -0.2) is 4.68 Å². The van der Waals surface area contributed by atoms with Crippen molar-refractivity contribution in [1.82, 2.24) is 9.78 Å². The number of hydrogen-bond donors (Lipinski definition) is 0. The van der Waals surface area contributed by atoms with Crippen LogP contribution in [0.25, 0.3) is 0 Å². The van der Waals surface area contributed by atoms with Crippen molar-refractivity contribution in [3.8, 4) is 11.8 Å². The molecule has 0 atom stereocenters. The number of rotatable bonds is 3. The summed E-state index contributed by atoms with van der Waals surface area (Å²) < 4.78 is 6.33. The van der Waals surface area contributed by atoms with Gasteiger partial charge in [0.25, 0.3) is 5.56 Å². The zero-order valence-electron chi connectivity index (χ0n) is 15.1. The Morgan fingerprint density at radius 1 is 1.38 bits per heavy atom. The average Bonchev–Trinajstić information content (AvgIpc) is 2.65. The highest BCUT2D eigenvalue weighted by atomic mass is 16.5. The quantitative estimate of drug-likeness (QED) is 0.839. The molecule has 0 unspecified atom stereocenters. The van der Waals surface area contributed by atoms with E-state index in [1.807, 2.05) is 24.3 Å². The molecule has 0 saturated heterocycles. The lowest BCUT2D eigenvalue weighted by atomic mass is 10.0.